The molecule has 1 aromatic carbocycles. The van der Waals surface area contributed by atoms with Crippen LogP contribution in [0.1, 0.15) is 5.69 Å². The molecule has 2 rings (SSSR count). The van der Waals surface area contributed by atoms with Crippen molar-refractivity contribution >= 4 is 35.2 Å². The zero-order chi connectivity index (χ0) is 17.7. The summed E-state index contributed by atoms with van der Waals surface area (Å²) >= 11 is 1.49. The van der Waals surface area contributed by atoms with Crippen LogP contribution >= 0.6 is 11.8 Å². The van der Waals surface area contributed by atoms with Crippen molar-refractivity contribution in [2.45, 2.75) is 11.1 Å². The summed E-state index contributed by atoms with van der Waals surface area (Å²) in [5.74, 6) is -1.75. The maximum Gasteiger partial charge on any atom is 0.433 e. The molecule has 10 heteroatoms. The van der Waals surface area contributed by atoms with Crippen molar-refractivity contribution in [3.05, 3.63) is 36.0 Å². The first kappa shape index (κ1) is 17.9. The number of aliphatic carboxylic acids is 1. The van der Waals surface area contributed by atoms with Gasteiger partial charge in [-0.2, -0.15) is 18.2 Å². The summed E-state index contributed by atoms with van der Waals surface area (Å²) in [6.07, 6.45) is -2.81. The lowest BCUT2D eigenvalue weighted by Gasteiger charge is -2.12. The van der Waals surface area contributed by atoms with Gasteiger partial charge in [0.2, 0.25) is 5.95 Å². The van der Waals surface area contributed by atoms with E-state index in [1.165, 1.54) is 11.8 Å². The van der Waals surface area contributed by atoms with Crippen LogP contribution in [0.25, 0.3) is 0 Å². The van der Waals surface area contributed by atoms with Gasteiger partial charge in [-0.05, 0) is 24.5 Å². The normalized spacial score (nSPS) is 11.2. The summed E-state index contributed by atoms with van der Waals surface area (Å²) in [6.45, 7) is -0.595. The van der Waals surface area contributed by atoms with Crippen LogP contribution in [0.3, 0.4) is 0 Å². The zero-order valence-electron chi connectivity index (χ0n) is 12.4. The van der Waals surface area contributed by atoms with E-state index in [1.54, 1.807) is 18.2 Å². The molecule has 1 heterocycles. The second kappa shape index (κ2) is 7.39. The van der Waals surface area contributed by atoms with Crippen LogP contribution < -0.4 is 10.6 Å². The molecule has 0 atom stereocenters. The van der Waals surface area contributed by atoms with Gasteiger partial charge >= 0.3 is 12.1 Å². The molecule has 128 valence electrons. The van der Waals surface area contributed by atoms with Crippen LogP contribution in [-0.4, -0.2) is 33.8 Å². The molecule has 0 bridgehead atoms. The molecular weight excluding hydrogens is 345 g/mol. The van der Waals surface area contributed by atoms with E-state index < -0.39 is 30.3 Å². The van der Waals surface area contributed by atoms with E-state index in [9.17, 15) is 18.0 Å². The molecule has 24 heavy (non-hydrogen) atoms. The monoisotopic (exact) mass is 358 g/mol. The van der Waals surface area contributed by atoms with Gasteiger partial charge in [0.25, 0.3) is 0 Å². The number of nitrogens with zero attached hydrogens (tertiary/aromatic N) is 2. The Morgan fingerprint density at radius 1 is 1.29 bits per heavy atom. The van der Waals surface area contributed by atoms with Crippen molar-refractivity contribution in [2.24, 2.45) is 0 Å². The Bertz CT molecular complexity index is 740. The molecule has 0 unspecified atom stereocenters. The van der Waals surface area contributed by atoms with Crippen LogP contribution in [0.4, 0.5) is 30.6 Å². The third-order valence-corrected chi connectivity index (χ3v) is 3.48. The van der Waals surface area contributed by atoms with Gasteiger partial charge in [0.15, 0.2) is 5.69 Å². The predicted molar refractivity (Wildman–Crippen MR) is 84.7 cm³/mol. The van der Waals surface area contributed by atoms with Gasteiger partial charge in [-0.3, -0.25) is 4.79 Å². The number of rotatable bonds is 6. The summed E-state index contributed by atoms with van der Waals surface area (Å²) < 4.78 is 38.8. The fourth-order valence-corrected chi connectivity index (χ4v) is 2.20. The topological polar surface area (TPSA) is 87.1 Å². The number of benzene rings is 1. The summed E-state index contributed by atoms with van der Waals surface area (Å²) in [5, 5.41) is 13.6. The van der Waals surface area contributed by atoms with E-state index in [4.69, 9.17) is 5.11 Å². The van der Waals surface area contributed by atoms with E-state index in [0.29, 0.717) is 5.69 Å². The summed E-state index contributed by atoms with van der Waals surface area (Å²) in [6, 6.07) is 7.81. The van der Waals surface area contributed by atoms with Gasteiger partial charge in [0.05, 0.1) is 0 Å². The highest BCUT2D eigenvalue weighted by molar-refractivity contribution is 7.98. The minimum Gasteiger partial charge on any atom is -0.480 e. The number of carboxylic acid groups (broad SMARTS) is 1. The van der Waals surface area contributed by atoms with Gasteiger partial charge in [-0.15, -0.1) is 11.8 Å². The lowest BCUT2D eigenvalue weighted by Crippen LogP contribution is -2.17. The van der Waals surface area contributed by atoms with Gasteiger partial charge < -0.3 is 15.7 Å². The SMILES string of the molecule is CSc1cccc(Nc2cc(C(F)(F)F)nc(NCC(=O)O)n2)c1. The maximum absolute atomic E-state index is 12.9. The highest BCUT2D eigenvalue weighted by Crippen LogP contribution is 2.30. The molecule has 0 saturated heterocycles. The van der Waals surface area contributed by atoms with Crippen LogP contribution in [0, 0.1) is 0 Å². The van der Waals surface area contributed by atoms with Crippen LogP contribution in [0.2, 0.25) is 0 Å². The van der Waals surface area contributed by atoms with Crippen LogP contribution in [0.5, 0.6) is 0 Å². The number of halogens is 3. The molecule has 2 aromatic rings. The number of carbonyl (C=O) groups is 1. The molecule has 0 fully saturated rings. The maximum atomic E-state index is 12.9. The minimum absolute atomic E-state index is 0.0940. The first-order valence-electron chi connectivity index (χ1n) is 6.61. The third kappa shape index (κ3) is 5.01. The smallest absolute Gasteiger partial charge is 0.433 e. The lowest BCUT2D eigenvalue weighted by molar-refractivity contribution is -0.141. The fraction of sp³-hybridized carbons (Fsp3) is 0.214. The number of hydrogen-bond acceptors (Lipinski definition) is 6. The molecular formula is C14H13F3N4O2S. The van der Waals surface area contributed by atoms with Crippen molar-refractivity contribution in [3.8, 4) is 0 Å². The minimum atomic E-state index is -4.68. The average Bonchev–Trinajstić information content (AvgIpc) is 2.52. The van der Waals surface area contributed by atoms with E-state index in [0.717, 1.165) is 11.0 Å². The first-order valence-corrected chi connectivity index (χ1v) is 7.83. The van der Waals surface area contributed by atoms with E-state index in [-0.39, 0.29) is 5.82 Å². The Kier molecular flexibility index (Phi) is 5.50. The van der Waals surface area contributed by atoms with Crippen molar-refractivity contribution < 1.29 is 23.1 Å². The van der Waals surface area contributed by atoms with Crippen molar-refractivity contribution in [2.75, 3.05) is 23.4 Å². The molecule has 0 aliphatic rings. The van der Waals surface area contributed by atoms with Gasteiger partial charge in [-0.1, -0.05) is 6.07 Å². The Hall–Kier alpha value is -2.49. The van der Waals surface area contributed by atoms with E-state index >= 15 is 0 Å². The molecule has 0 amide bonds. The number of anilines is 3. The number of hydrogen-bond donors (Lipinski definition) is 3. The van der Waals surface area contributed by atoms with Crippen molar-refractivity contribution in [1.82, 2.24) is 9.97 Å². The number of carboxylic acids is 1. The standard InChI is InChI=1S/C14H13F3N4O2S/c1-24-9-4-2-3-8(5-9)19-11-6-10(14(15,16)17)20-13(21-11)18-7-12(22)23/h2-6H,7H2,1H3,(H,22,23)(H2,18,19,20,21). The van der Waals surface area contributed by atoms with Gasteiger partial charge in [-0.25, -0.2) is 4.98 Å². The summed E-state index contributed by atoms with van der Waals surface area (Å²) in [4.78, 5) is 18.6. The summed E-state index contributed by atoms with van der Waals surface area (Å²) in [7, 11) is 0. The number of aromatic nitrogens is 2. The Labute approximate surface area is 139 Å². The highest BCUT2D eigenvalue weighted by atomic mass is 32.2. The number of nitrogens with one attached hydrogen (secondary N) is 2. The van der Waals surface area contributed by atoms with Crippen LogP contribution in [0.15, 0.2) is 35.2 Å². The van der Waals surface area contributed by atoms with Gasteiger partial charge in [0.1, 0.15) is 12.4 Å². The lowest BCUT2D eigenvalue weighted by atomic mass is 10.3. The average molecular weight is 358 g/mol. The molecule has 0 spiro atoms. The molecule has 0 saturated carbocycles. The molecule has 0 aliphatic heterocycles. The Balaban J connectivity index is 2.32. The largest absolute Gasteiger partial charge is 0.480 e. The Morgan fingerprint density at radius 2 is 2.04 bits per heavy atom. The third-order valence-electron chi connectivity index (χ3n) is 2.76. The predicted octanol–water partition coefficient (Wildman–Crippen LogP) is 3.46. The quantitative estimate of drug-likeness (QED) is 0.682. The highest BCUT2D eigenvalue weighted by Gasteiger charge is 2.33. The molecule has 1 aromatic heterocycles. The zero-order valence-corrected chi connectivity index (χ0v) is 13.2. The fourth-order valence-electron chi connectivity index (χ4n) is 1.74. The molecule has 6 nitrogen and oxygen atoms in total. The molecule has 0 radical (unpaired) electrons. The van der Waals surface area contributed by atoms with Crippen molar-refractivity contribution in [3.63, 3.8) is 0 Å². The van der Waals surface area contributed by atoms with E-state index in [1.807, 2.05) is 12.3 Å². The number of thioether (sulfide) groups is 1. The Morgan fingerprint density at radius 3 is 2.67 bits per heavy atom. The first-order chi connectivity index (χ1) is 11.3. The second-order valence-corrected chi connectivity index (χ2v) is 5.44. The van der Waals surface area contributed by atoms with Crippen LogP contribution in [-0.2, 0) is 11.0 Å². The number of alkyl halides is 3. The molecule has 0 aliphatic carbocycles. The summed E-state index contributed by atoms with van der Waals surface area (Å²) in [5.41, 5.74) is -0.619. The van der Waals surface area contributed by atoms with Crippen molar-refractivity contribution in [1.29, 1.82) is 0 Å². The van der Waals surface area contributed by atoms with Gasteiger partial charge in [0, 0.05) is 16.6 Å². The second-order valence-electron chi connectivity index (χ2n) is 4.56. The molecule has 3 N–H and O–H groups in total. The van der Waals surface area contributed by atoms with E-state index in [2.05, 4.69) is 20.6 Å².